The first kappa shape index (κ1) is 15.6. The number of hydrogen-bond acceptors (Lipinski definition) is 4. The minimum Gasteiger partial charge on any atom is -0.444 e. The molecule has 0 bridgehead atoms. The molecule has 1 atom stereocenters. The Kier molecular flexibility index (Phi) is 4.70. The SMILES string of the molecule is Cc1ccc(N2CCC[C@@H](NC(=O)OC(C)(C)C)C2)nc1. The van der Waals surface area contributed by atoms with E-state index in [2.05, 4.69) is 21.3 Å². The third-order valence-corrected chi connectivity index (χ3v) is 3.36. The van der Waals surface area contributed by atoms with E-state index in [1.807, 2.05) is 40.0 Å². The Morgan fingerprint density at radius 3 is 2.81 bits per heavy atom. The Hall–Kier alpha value is -1.78. The van der Waals surface area contributed by atoms with E-state index in [1.165, 1.54) is 0 Å². The summed E-state index contributed by atoms with van der Waals surface area (Å²) in [6, 6.07) is 4.20. The Morgan fingerprint density at radius 2 is 2.19 bits per heavy atom. The van der Waals surface area contributed by atoms with Crippen molar-refractivity contribution in [2.75, 3.05) is 18.0 Å². The van der Waals surface area contributed by atoms with Crippen molar-refractivity contribution in [1.29, 1.82) is 0 Å². The summed E-state index contributed by atoms with van der Waals surface area (Å²) in [4.78, 5) is 18.5. The van der Waals surface area contributed by atoms with Crippen molar-refractivity contribution in [3.63, 3.8) is 0 Å². The van der Waals surface area contributed by atoms with Crippen molar-refractivity contribution in [3.8, 4) is 0 Å². The Balaban J connectivity index is 1.91. The monoisotopic (exact) mass is 291 g/mol. The van der Waals surface area contributed by atoms with E-state index >= 15 is 0 Å². The van der Waals surface area contributed by atoms with Gasteiger partial charge in [-0.25, -0.2) is 9.78 Å². The molecular weight excluding hydrogens is 266 g/mol. The van der Waals surface area contributed by atoms with Crippen LogP contribution in [0.15, 0.2) is 18.3 Å². The van der Waals surface area contributed by atoms with Gasteiger partial charge in [-0.05, 0) is 52.2 Å². The molecule has 0 spiro atoms. The predicted octanol–water partition coefficient (Wildman–Crippen LogP) is 2.88. The van der Waals surface area contributed by atoms with Gasteiger partial charge in [0.2, 0.25) is 0 Å². The highest BCUT2D eigenvalue weighted by atomic mass is 16.6. The van der Waals surface area contributed by atoms with Gasteiger partial charge in [-0.2, -0.15) is 0 Å². The standard InChI is InChI=1S/C16H25N3O2/c1-12-7-8-14(17-10-12)19-9-5-6-13(11-19)18-15(20)21-16(2,3)4/h7-8,10,13H,5-6,9,11H2,1-4H3,(H,18,20)/t13-/m1/s1. The number of hydrogen-bond donors (Lipinski definition) is 1. The van der Waals surface area contributed by atoms with Crippen LogP contribution in [0, 0.1) is 6.92 Å². The van der Waals surface area contributed by atoms with Gasteiger partial charge in [0.25, 0.3) is 0 Å². The van der Waals surface area contributed by atoms with Crippen LogP contribution in [0.2, 0.25) is 0 Å². The van der Waals surface area contributed by atoms with Crippen LogP contribution in [-0.4, -0.2) is 35.8 Å². The number of pyridine rings is 1. The third kappa shape index (κ3) is 4.92. The van der Waals surface area contributed by atoms with Gasteiger partial charge in [0.05, 0.1) is 0 Å². The molecule has 1 N–H and O–H groups in total. The minimum absolute atomic E-state index is 0.108. The van der Waals surface area contributed by atoms with Gasteiger partial charge in [-0.1, -0.05) is 6.07 Å². The van der Waals surface area contributed by atoms with Crippen LogP contribution in [0.1, 0.15) is 39.2 Å². The molecule has 5 nitrogen and oxygen atoms in total. The summed E-state index contributed by atoms with van der Waals surface area (Å²) >= 11 is 0. The van der Waals surface area contributed by atoms with Crippen LogP contribution in [0.3, 0.4) is 0 Å². The Bertz CT molecular complexity index is 479. The second-order valence-electron chi connectivity index (χ2n) is 6.63. The zero-order chi connectivity index (χ0) is 15.5. The molecule has 1 saturated heterocycles. The molecule has 0 aromatic carbocycles. The van der Waals surface area contributed by atoms with Gasteiger partial charge >= 0.3 is 6.09 Å². The van der Waals surface area contributed by atoms with Crippen LogP contribution in [0.25, 0.3) is 0 Å². The largest absolute Gasteiger partial charge is 0.444 e. The van der Waals surface area contributed by atoms with Crippen LogP contribution >= 0.6 is 0 Å². The predicted molar refractivity (Wildman–Crippen MR) is 83.6 cm³/mol. The number of alkyl carbamates (subject to hydrolysis) is 1. The fraction of sp³-hybridized carbons (Fsp3) is 0.625. The lowest BCUT2D eigenvalue weighted by molar-refractivity contribution is 0.0500. The highest BCUT2D eigenvalue weighted by molar-refractivity contribution is 5.68. The van der Waals surface area contributed by atoms with E-state index in [9.17, 15) is 4.79 Å². The molecule has 1 aliphatic heterocycles. The maximum Gasteiger partial charge on any atom is 0.407 e. The molecule has 5 heteroatoms. The normalized spacial score (nSPS) is 19.2. The summed E-state index contributed by atoms with van der Waals surface area (Å²) in [7, 11) is 0. The van der Waals surface area contributed by atoms with Gasteiger partial charge in [0, 0.05) is 25.3 Å². The molecule has 0 unspecified atom stereocenters. The summed E-state index contributed by atoms with van der Waals surface area (Å²) < 4.78 is 5.31. The number of carbonyl (C=O) groups excluding carboxylic acids is 1. The average molecular weight is 291 g/mol. The summed E-state index contributed by atoms with van der Waals surface area (Å²) in [5, 5.41) is 2.96. The van der Waals surface area contributed by atoms with E-state index in [1.54, 1.807) is 0 Å². The van der Waals surface area contributed by atoms with Crippen molar-refractivity contribution in [2.45, 2.75) is 52.2 Å². The molecular formula is C16H25N3O2. The van der Waals surface area contributed by atoms with Crippen LogP contribution in [0.4, 0.5) is 10.6 Å². The lowest BCUT2D eigenvalue weighted by Crippen LogP contribution is -2.49. The zero-order valence-corrected chi connectivity index (χ0v) is 13.3. The van der Waals surface area contributed by atoms with Gasteiger partial charge in [-0.15, -0.1) is 0 Å². The zero-order valence-electron chi connectivity index (χ0n) is 13.3. The number of piperidine rings is 1. The number of ether oxygens (including phenoxy) is 1. The number of amides is 1. The molecule has 0 radical (unpaired) electrons. The van der Waals surface area contributed by atoms with Gasteiger partial charge in [0.1, 0.15) is 11.4 Å². The van der Waals surface area contributed by atoms with Crippen LogP contribution in [-0.2, 0) is 4.74 Å². The maximum atomic E-state index is 11.8. The van der Waals surface area contributed by atoms with Crippen LogP contribution < -0.4 is 10.2 Å². The first-order valence-corrected chi connectivity index (χ1v) is 7.50. The van der Waals surface area contributed by atoms with Gasteiger partial charge in [0.15, 0.2) is 0 Å². The fourth-order valence-corrected chi connectivity index (χ4v) is 2.42. The lowest BCUT2D eigenvalue weighted by Gasteiger charge is -2.34. The first-order chi connectivity index (χ1) is 9.83. The van der Waals surface area contributed by atoms with E-state index in [-0.39, 0.29) is 12.1 Å². The molecule has 2 rings (SSSR count). The summed E-state index contributed by atoms with van der Waals surface area (Å²) in [6.07, 6.45) is 3.55. The summed E-state index contributed by atoms with van der Waals surface area (Å²) in [5.74, 6) is 0.969. The highest BCUT2D eigenvalue weighted by Crippen LogP contribution is 2.18. The molecule has 1 fully saturated rings. The van der Waals surface area contributed by atoms with Crippen molar-refractivity contribution < 1.29 is 9.53 Å². The average Bonchev–Trinajstić information content (AvgIpc) is 2.37. The molecule has 21 heavy (non-hydrogen) atoms. The molecule has 116 valence electrons. The second-order valence-corrected chi connectivity index (χ2v) is 6.63. The number of nitrogens with one attached hydrogen (secondary N) is 1. The van der Waals surface area contributed by atoms with E-state index in [0.717, 1.165) is 37.3 Å². The summed E-state index contributed by atoms with van der Waals surface area (Å²) in [5.41, 5.74) is 0.691. The Labute approximate surface area is 126 Å². The highest BCUT2D eigenvalue weighted by Gasteiger charge is 2.24. The smallest absolute Gasteiger partial charge is 0.407 e. The Morgan fingerprint density at radius 1 is 1.43 bits per heavy atom. The van der Waals surface area contributed by atoms with Crippen molar-refractivity contribution >= 4 is 11.9 Å². The van der Waals surface area contributed by atoms with Gasteiger partial charge < -0.3 is 15.0 Å². The molecule has 1 aliphatic rings. The second kappa shape index (κ2) is 6.33. The third-order valence-electron chi connectivity index (χ3n) is 3.36. The first-order valence-electron chi connectivity index (χ1n) is 7.50. The van der Waals surface area contributed by atoms with E-state index < -0.39 is 5.60 Å². The number of aromatic nitrogens is 1. The molecule has 1 aromatic heterocycles. The number of nitrogens with zero attached hydrogens (tertiary/aromatic N) is 2. The molecule has 2 heterocycles. The molecule has 0 aliphatic carbocycles. The minimum atomic E-state index is -0.461. The quantitative estimate of drug-likeness (QED) is 0.910. The number of rotatable bonds is 2. The van der Waals surface area contributed by atoms with Crippen molar-refractivity contribution in [2.24, 2.45) is 0 Å². The fourth-order valence-electron chi connectivity index (χ4n) is 2.42. The number of carbonyl (C=O) groups is 1. The number of aryl methyl sites for hydroxylation is 1. The van der Waals surface area contributed by atoms with Crippen molar-refractivity contribution in [3.05, 3.63) is 23.9 Å². The van der Waals surface area contributed by atoms with Crippen molar-refractivity contribution in [1.82, 2.24) is 10.3 Å². The number of anilines is 1. The maximum absolute atomic E-state index is 11.8. The summed E-state index contributed by atoms with van der Waals surface area (Å²) in [6.45, 7) is 9.39. The van der Waals surface area contributed by atoms with E-state index in [4.69, 9.17) is 4.74 Å². The topological polar surface area (TPSA) is 54.5 Å². The molecule has 0 saturated carbocycles. The lowest BCUT2D eigenvalue weighted by atomic mass is 10.1. The van der Waals surface area contributed by atoms with E-state index in [0.29, 0.717) is 0 Å². The molecule has 1 amide bonds. The molecule has 1 aromatic rings. The van der Waals surface area contributed by atoms with Crippen LogP contribution in [0.5, 0.6) is 0 Å². The van der Waals surface area contributed by atoms with Gasteiger partial charge in [-0.3, -0.25) is 0 Å².